The van der Waals surface area contributed by atoms with Gasteiger partial charge in [-0.1, -0.05) is 6.08 Å². The van der Waals surface area contributed by atoms with E-state index in [1.807, 2.05) is 13.0 Å². The van der Waals surface area contributed by atoms with E-state index < -0.39 is 18.2 Å². The number of ether oxygens (including phenoxy) is 2. The monoisotopic (exact) mass is 565 g/mol. The lowest BCUT2D eigenvalue weighted by Gasteiger charge is -2.34. The van der Waals surface area contributed by atoms with Gasteiger partial charge in [0.2, 0.25) is 0 Å². The molecule has 0 saturated carbocycles. The molecule has 0 heterocycles. The van der Waals surface area contributed by atoms with Crippen molar-refractivity contribution in [3.05, 3.63) is 56.0 Å². The molecule has 176 valence electrons. The van der Waals surface area contributed by atoms with E-state index in [-0.39, 0.29) is 6.54 Å². The molecule has 6 nitrogen and oxygen atoms in total. The van der Waals surface area contributed by atoms with Crippen LogP contribution in [-0.4, -0.2) is 37.7 Å². The van der Waals surface area contributed by atoms with Crippen molar-refractivity contribution in [2.75, 3.05) is 20.8 Å². The van der Waals surface area contributed by atoms with Gasteiger partial charge in [0, 0.05) is 33.5 Å². The molecular formula is C22H27F3IN3O3. The number of rotatable bonds is 7. The molecule has 1 unspecified atom stereocenters. The molecule has 32 heavy (non-hydrogen) atoms. The number of carbonyl (C=O) groups excluding carboxylic acids is 1. The van der Waals surface area contributed by atoms with Crippen LogP contribution in [0.4, 0.5) is 13.2 Å². The molecule has 0 saturated heterocycles. The SMILES string of the molecule is CCN(C(=O)C(F)(F)F)C(NC1=CC(C)=C(N)C(I)=CC1)c1cc(OC)c(OC)cc1C. The summed E-state index contributed by atoms with van der Waals surface area (Å²) < 4.78 is 51.8. The van der Waals surface area contributed by atoms with Gasteiger partial charge in [-0.2, -0.15) is 13.2 Å². The lowest BCUT2D eigenvalue weighted by Crippen LogP contribution is -2.47. The summed E-state index contributed by atoms with van der Waals surface area (Å²) >= 11 is 2.12. The number of aryl methyl sites for hydroxylation is 1. The normalized spacial score (nSPS) is 15.4. The van der Waals surface area contributed by atoms with E-state index in [1.165, 1.54) is 21.1 Å². The van der Waals surface area contributed by atoms with Crippen molar-refractivity contribution in [1.29, 1.82) is 0 Å². The van der Waals surface area contributed by atoms with E-state index >= 15 is 0 Å². The topological polar surface area (TPSA) is 76.8 Å². The summed E-state index contributed by atoms with van der Waals surface area (Å²) in [5, 5.41) is 3.15. The van der Waals surface area contributed by atoms with Crippen LogP contribution >= 0.6 is 22.6 Å². The highest BCUT2D eigenvalue weighted by molar-refractivity contribution is 14.1. The first-order valence-electron chi connectivity index (χ1n) is 9.84. The van der Waals surface area contributed by atoms with Crippen LogP contribution in [0.1, 0.15) is 37.6 Å². The van der Waals surface area contributed by atoms with Crippen molar-refractivity contribution in [1.82, 2.24) is 10.2 Å². The van der Waals surface area contributed by atoms with Crippen molar-refractivity contribution in [3.63, 3.8) is 0 Å². The van der Waals surface area contributed by atoms with Crippen molar-refractivity contribution in [2.45, 2.75) is 39.5 Å². The van der Waals surface area contributed by atoms with Crippen molar-refractivity contribution < 1.29 is 27.4 Å². The maximum absolute atomic E-state index is 13.4. The molecule has 0 bridgehead atoms. The van der Waals surface area contributed by atoms with Gasteiger partial charge in [-0.25, -0.2) is 0 Å². The second-order valence-corrected chi connectivity index (χ2v) is 8.38. The number of amides is 1. The predicted molar refractivity (Wildman–Crippen MR) is 125 cm³/mol. The molecule has 0 fully saturated rings. The number of halogens is 4. The van der Waals surface area contributed by atoms with E-state index in [9.17, 15) is 18.0 Å². The van der Waals surface area contributed by atoms with Crippen LogP contribution in [-0.2, 0) is 4.79 Å². The lowest BCUT2D eigenvalue weighted by atomic mass is 10.0. The van der Waals surface area contributed by atoms with Crippen molar-refractivity contribution in [2.24, 2.45) is 5.73 Å². The van der Waals surface area contributed by atoms with Gasteiger partial charge in [-0.15, -0.1) is 0 Å². The van der Waals surface area contributed by atoms with Crippen molar-refractivity contribution in [3.8, 4) is 11.5 Å². The fraction of sp³-hybridized carbons (Fsp3) is 0.409. The molecule has 1 atom stereocenters. The third-order valence-corrected chi connectivity index (χ3v) is 6.14. The van der Waals surface area contributed by atoms with E-state index in [4.69, 9.17) is 15.2 Å². The van der Waals surface area contributed by atoms with Gasteiger partial charge < -0.3 is 25.4 Å². The number of alkyl halides is 3. The maximum atomic E-state index is 13.4. The van der Waals surface area contributed by atoms with E-state index in [2.05, 4.69) is 27.9 Å². The van der Waals surface area contributed by atoms with Crippen LogP contribution in [0.5, 0.6) is 11.5 Å². The highest BCUT2D eigenvalue weighted by Crippen LogP contribution is 2.36. The first-order valence-corrected chi connectivity index (χ1v) is 10.9. The minimum absolute atomic E-state index is 0.165. The van der Waals surface area contributed by atoms with Crippen LogP contribution < -0.4 is 20.5 Å². The molecule has 10 heteroatoms. The number of benzene rings is 1. The fourth-order valence-corrected chi connectivity index (χ4v) is 4.04. The van der Waals surface area contributed by atoms with Crippen LogP contribution in [0.15, 0.2) is 44.8 Å². The molecule has 1 aromatic carbocycles. The second kappa shape index (κ2) is 10.5. The molecule has 1 aromatic rings. The third kappa shape index (κ3) is 5.70. The Bertz CT molecular complexity index is 971. The van der Waals surface area contributed by atoms with Gasteiger partial charge in [0.15, 0.2) is 11.5 Å². The minimum atomic E-state index is -5.02. The molecule has 3 N–H and O–H groups in total. The third-order valence-electron chi connectivity index (χ3n) is 5.12. The quantitative estimate of drug-likeness (QED) is 0.365. The fourth-order valence-electron chi connectivity index (χ4n) is 3.39. The zero-order valence-corrected chi connectivity index (χ0v) is 20.7. The summed E-state index contributed by atoms with van der Waals surface area (Å²) in [6.45, 7) is 4.90. The minimum Gasteiger partial charge on any atom is -0.493 e. The molecule has 0 aliphatic heterocycles. The molecule has 0 aromatic heterocycles. The Hall–Kier alpha value is -2.37. The summed E-state index contributed by atoms with van der Waals surface area (Å²) in [5.74, 6) is -1.15. The largest absolute Gasteiger partial charge is 0.493 e. The van der Waals surface area contributed by atoms with Gasteiger partial charge in [-0.05, 0) is 72.7 Å². The summed E-state index contributed by atoms with van der Waals surface area (Å²) in [4.78, 5) is 13.1. The average molecular weight is 565 g/mol. The number of nitrogens with one attached hydrogen (secondary N) is 1. The van der Waals surface area contributed by atoms with Gasteiger partial charge >= 0.3 is 12.1 Å². The Morgan fingerprint density at radius 3 is 2.38 bits per heavy atom. The van der Waals surface area contributed by atoms with Gasteiger partial charge in [0.1, 0.15) is 6.17 Å². The van der Waals surface area contributed by atoms with E-state index in [0.29, 0.717) is 40.4 Å². The predicted octanol–water partition coefficient (Wildman–Crippen LogP) is 4.85. The van der Waals surface area contributed by atoms with Gasteiger partial charge in [0.25, 0.3) is 0 Å². The van der Waals surface area contributed by atoms with Crippen LogP contribution in [0.25, 0.3) is 0 Å². The van der Waals surface area contributed by atoms with Gasteiger partial charge in [-0.3, -0.25) is 4.79 Å². The number of nitrogens with two attached hydrogens (primary N) is 1. The molecule has 2 rings (SSSR count). The lowest BCUT2D eigenvalue weighted by molar-refractivity contribution is -0.188. The smallest absolute Gasteiger partial charge is 0.471 e. The molecular weight excluding hydrogens is 538 g/mol. The molecule has 0 spiro atoms. The summed E-state index contributed by atoms with van der Waals surface area (Å²) in [6.07, 6.45) is -2.04. The summed E-state index contributed by atoms with van der Waals surface area (Å²) in [5.41, 5.74) is 9.20. The number of carbonyl (C=O) groups is 1. The Kier molecular flexibility index (Phi) is 8.49. The summed E-state index contributed by atoms with van der Waals surface area (Å²) in [6, 6.07) is 3.26. The Balaban J connectivity index is 2.64. The molecule has 1 aliphatic rings. The van der Waals surface area contributed by atoms with Gasteiger partial charge in [0.05, 0.1) is 14.2 Å². The Morgan fingerprint density at radius 2 is 1.84 bits per heavy atom. The number of nitrogens with zero attached hydrogens (tertiary/aromatic N) is 1. The average Bonchev–Trinajstić information content (AvgIpc) is 2.86. The van der Waals surface area contributed by atoms with Crippen LogP contribution in [0, 0.1) is 6.92 Å². The maximum Gasteiger partial charge on any atom is 0.471 e. The number of methoxy groups -OCH3 is 2. The van der Waals surface area contributed by atoms with E-state index in [1.54, 1.807) is 25.1 Å². The Morgan fingerprint density at radius 1 is 1.25 bits per heavy atom. The molecule has 1 amide bonds. The zero-order chi connectivity index (χ0) is 24.2. The molecule has 0 radical (unpaired) electrons. The molecule has 1 aliphatic carbocycles. The standard InChI is InChI=1S/C22H27F3IN3O3/c1-6-29(21(30)22(23,24)25)20(15-11-18(32-5)17(31-4)10-12(15)2)28-14-7-8-16(26)19(27)13(3)9-14/h8-11,20,28H,6-7,27H2,1-5H3. The zero-order valence-electron chi connectivity index (χ0n) is 18.6. The number of hydrogen-bond acceptors (Lipinski definition) is 5. The second-order valence-electron chi connectivity index (χ2n) is 7.22. The van der Waals surface area contributed by atoms with E-state index in [0.717, 1.165) is 14.1 Å². The number of hydrogen-bond donors (Lipinski definition) is 2. The number of allylic oxidation sites excluding steroid dienone is 4. The first-order chi connectivity index (χ1) is 14.9. The highest BCUT2D eigenvalue weighted by atomic mass is 127. The first kappa shape index (κ1) is 25.9. The van der Waals surface area contributed by atoms with Crippen LogP contribution in [0.2, 0.25) is 0 Å². The van der Waals surface area contributed by atoms with Crippen LogP contribution in [0.3, 0.4) is 0 Å². The highest BCUT2D eigenvalue weighted by Gasteiger charge is 2.45. The Labute approximate surface area is 199 Å². The summed E-state index contributed by atoms with van der Waals surface area (Å²) in [7, 11) is 2.91. The van der Waals surface area contributed by atoms with Crippen molar-refractivity contribution >= 4 is 28.5 Å².